The van der Waals surface area contributed by atoms with Crippen molar-refractivity contribution in [3.05, 3.63) is 6.92 Å². The van der Waals surface area contributed by atoms with Crippen molar-refractivity contribution < 1.29 is 0 Å². The van der Waals surface area contributed by atoms with Crippen LogP contribution in [0.4, 0.5) is 0 Å². The lowest BCUT2D eigenvalue weighted by molar-refractivity contribution is 0.474. The van der Waals surface area contributed by atoms with Gasteiger partial charge in [-0.25, -0.2) is 0 Å². The van der Waals surface area contributed by atoms with Gasteiger partial charge in [-0.05, 0) is 18.8 Å². The SMILES string of the molecule is [CH2]CC(C[NH])CCCC. The number of rotatable bonds is 5. The van der Waals surface area contributed by atoms with Gasteiger partial charge in [-0.3, -0.25) is 5.73 Å². The summed E-state index contributed by atoms with van der Waals surface area (Å²) in [5.74, 6) is 0.560. The van der Waals surface area contributed by atoms with Crippen LogP contribution in [0.15, 0.2) is 0 Å². The highest BCUT2D eigenvalue weighted by Crippen LogP contribution is 2.09. The third-order valence-electron chi connectivity index (χ3n) is 1.66. The number of unbranched alkanes of at least 4 members (excludes halogenated alkanes) is 1. The van der Waals surface area contributed by atoms with Crippen LogP contribution in [0.2, 0.25) is 0 Å². The minimum Gasteiger partial charge on any atom is -0.258 e. The summed E-state index contributed by atoms with van der Waals surface area (Å²) in [6.45, 7) is 6.53. The number of hydrogen-bond acceptors (Lipinski definition) is 0. The minimum absolute atomic E-state index is 0.559. The molecule has 0 bridgehead atoms. The van der Waals surface area contributed by atoms with E-state index in [-0.39, 0.29) is 0 Å². The lowest BCUT2D eigenvalue weighted by atomic mass is 10.00. The van der Waals surface area contributed by atoms with E-state index in [9.17, 15) is 0 Å². The predicted molar refractivity (Wildman–Crippen MR) is 41.0 cm³/mol. The molecule has 0 rings (SSSR count). The van der Waals surface area contributed by atoms with Gasteiger partial charge in [0.25, 0.3) is 0 Å². The van der Waals surface area contributed by atoms with E-state index >= 15 is 0 Å². The Bertz CT molecular complexity index is 48.5. The summed E-state index contributed by atoms with van der Waals surface area (Å²) in [6.07, 6.45) is 4.64. The molecule has 0 spiro atoms. The molecule has 0 saturated heterocycles. The Morgan fingerprint density at radius 1 is 1.56 bits per heavy atom. The Kier molecular flexibility index (Phi) is 6.06. The van der Waals surface area contributed by atoms with E-state index in [2.05, 4.69) is 13.8 Å². The standard InChI is InChI=1S/C8H17N/c1-3-5-6-8(4-2)7-9/h8-9H,2-7H2,1H3. The van der Waals surface area contributed by atoms with Gasteiger partial charge in [-0.2, -0.15) is 0 Å². The molecule has 0 aliphatic carbocycles. The zero-order valence-corrected chi connectivity index (χ0v) is 6.32. The molecule has 0 aliphatic heterocycles. The van der Waals surface area contributed by atoms with Gasteiger partial charge in [0.2, 0.25) is 0 Å². The van der Waals surface area contributed by atoms with Crippen molar-refractivity contribution >= 4 is 0 Å². The summed E-state index contributed by atoms with van der Waals surface area (Å²) in [5, 5.41) is 0. The quantitative estimate of drug-likeness (QED) is 0.541. The van der Waals surface area contributed by atoms with E-state index < -0.39 is 0 Å². The van der Waals surface area contributed by atoms with E-state index in [4.69, 9.17) is 5.73 Å². The van der Waals surface area contributed by atoms with E-state index in [1.807, 2.05) is 0 Å². The molecule has 1 atom stereocenters. The first-order valence-electron chi connectivity index (χ1n) is 3.79. The highest BCUT2D eigenvalue weighted by atomic mass is 14.5. The topological polar surface area (TPSA) is 23.8 Å². The molecule has 1 N–H and O–H groups in total. The normalized spacial score (nSPS) is 13.7. The first-order chi connectivity index (χ1) is 4.35. The van der Waals surface area contributed by atoms with Crippen LogP contribution in [0.3, 0.4) is 0 Å². The Hall–Kier alpha value is -0.0400. The molecule has 0 aromatic carbocycles. The number of hydrogen-bond donors (Lipinski definition) is 0. The van der Waals surface area contributed by atoms with Crippen LogP contribution in [-0.2, 0) is 0 Å². The summed E-state index contributed by atoms with van der Waals surface area (Å²) >= 11 is 0. The summed E-state index contributed by atoms with van der Waals surface area (Å²) in [4.78, 5) is 0. The fraction of sp³-hybridized carbons (Fsp3) is 0.875. The summed E-state index contributed by atoms with van der Waals surface area (Å²) in [6, 6.07) is 0. The molecular formula is C8H17N. The molecule has 0 saturated carbocycles. The Labute approximate surface area is 58.6 Å². The molecule has 0 heterocycles. The van der Waals surface area contributed by atoms with Crippen molar-refractivity contribution in [1.82, 2.24) is 5.73 Å². The van der Waals surface area contributed by atoms with Crippen molar-refractivity contribution in [2.75, 3.05) is 6.54 Å². The average Bonchev–Trinajstić information content (AvgIpc) is 1.91. The molecule has 0 aromatic rings. The molecule has 1 unspecified atom stereocenters. The van der Waals surface area contributed by atoms with Crippen molar-refractivity contribution in [1.29, 1.82) is 0 Å². The molecule has 54 valence electrons. The van der Waals surface area contributed by atoms with Crippen LogP contribution in [0.25, 0.3) is 0 Å². The Morgan fingerprint density at radius 3 is 2.56 bits per heavy atom. The zero-order valence-electron chi connectivity index (χ0n) is 6.32. The molecule has 0 aromatic heterocycles. The fourth-order valence-corrected chi connectivity index (χ4v) is 0.841. The minimum atomic E-state index is 0.559. The van der Waals surface area contributed by atoms with Crippen molar-refractivity contribution in [2.24, 2.45) is 5.92 Å². The molecule has 0 fully saturated rings. The third kappa shape index (κ3) is 4.46. The van der Waals surface area contributed by atoms with Gasteiger partial charge in [0.15, 0.2) is 0 Å². The first kappa shape index (κ1) is 8.96. The van der Waals surface area contributed by atoms with E-state index in [0.717, 1.165) is 6.42 Å². The summed E-state index contributed by atoms with van der Waals surface area (Å²) in [7, 11) is 0. The smallest absolute Gasteiger partial charge is 0.0128 e. The van der Waals surface area contributed by atoms with E-state index in [1.165, 1.54) is 19.3 Å². The van der Waals surface area contributed by atoms with Gasteiger partial charge in [-0.15, -0.1) is 0 Å². The van der Waals surface area contributed by atoms with Crippen LogP contribution in [0.5, 0.6) is 0 Å². The van der Waals surface area contributed by atoms with Crippen molar-refractivity contribution in [3.63, 3.8) is 0 Å². The van der Waals surface area contributed by atoms with Gasteiger partial charge in [-0.1, -0.05) is 26.7 Å². The maximum absolute atomic E-state index is 7.10. The van der Waals surface area contributed by atoms with Crippen LogP contribution in [0, 0.1) is 12.8 Å². The molecule has 1 heteroatoms. The van der Waals surface area contributed by atoms with Gasteiger partial charge in [0, 0.05) is 6.54 Å². The highest BCUT2D eigenvalue weighted by Gasteiger charge is 2.01. The molecule has 1 nitrogen and oxygen atoms in total. The van der Waals surface area contributed by atoms with Gasteiger partial charge in [0.1, 0.15) is 0 Å². The first-order valence-corrected chi connectivity index (χ1v) is 3.79. The van der Waals surface area contributed by atoms with Gasteiger partial charge >= 0.3 is 0 Å². The van der Waals surface area contributed by atoms with E-state index in [0.29, 0.717) is 12.5 Å². The Morgan fingerprint density at radius 2 is 2.22 bits per heavy atom. The monoisotopic (exact) mass is 127 g/mol. The molecule has 0 aliphatic rings. The predicted octanol–water partition coefficient (Wildman–Crippen LogP) is 2.30. The second-order valence-corrected chi connectivity index (χ2v) is 2.50. The second-order valence-electron chi connectivity index (χ2n) is 2.50. The fourth-order valence-electron chi connectivity index (χ4n) is 0.841. The molecule has 0 amide bonds. The van der Waals surface area contributed by atoms with Crippen LogP contribution in [0.1, 0.15) is 32.6 Å². The average molecular weight is 127 g/mol. The molecule has 2 radical (unpaired) electrons. The molecule has 9 heavy (non-hydrogen) atoms. The van der Waals surface area contributed by atoms with Gasteiger partial charge < -0.3 is 0 Å². The summed E-state index contributed by atoms with van der Waals surface area (Å²) < 4.78 is 0. The van der Waals surface area contributed by atoms with E-state index in [1.54, 1.807) is 0 Å². The zero-order chi connectivity index (χ0) is 7.11. The summed E-state index contributed by atoms with van der Waals surface area (Å²) in [5.41, 5.74) is 7.10. The van der Waals surface area contributed by atoms with Crippen molar-refractivity contribution in [2.45, 2.75) is 32.6 Å². The third-order valence-corrected chi connectivity index (χ3v) is 1.66. The Balaban J connectivity index is 3.09. The van der Waals surface area contributed by atoms with Crippen LogP contribution >= 0.6 is 0 Å². The van der Waals surface area contributed by atoms with Gasteiger partial charge in [0.05, 0.1) is 0 Å². The molecular weight excluding hydrogens is 110 g/mol. The largest absolute Gasteiger partial charge is 0.258 e. The number of nitrogens with one attached hydrogen (secondary N) is 1. The van der Waals surface area contributed by atoms with Crippen LogP contribution < -0.4 is 5.73 Å². The second kappa shape index (κ2) is 6.09. The lowest BCUT2D eigenvalue weighted by Gasteiger charge is -2.08. The van der Waals surface area contributed by atoms with Crippen LogP contribution in [-0.4, -0.2) is 6.54 Å². The van der Waals surface area contributed by atoms with Crippen molar-refractivity contribution in [3.8, 4) is 0 Å². The lowest BCUT2D eigenvalue weighted by Crippen LogP contribution is -2.05. The highest BCUT2D eigenvalue weighted by molar-refractivity contribution is 4.59. The maximum atomic E-state index is 7.10. The maximum Gasteiger partial charge on any atom is 0.0128 e.